The average molecular weight is 351 g/mol. The van der Waals surface area contributed by atoms with Gasteiger partial charge < -0.3 is 20.5 Å². The zero-order valence-corrected chi connectivity index (χ0v) is 14.9. The summed E-state index contributed by atoms with van der Waals surface area (Å²) in [5.74, 6) is 1.21. The molecule has 24 heavy (non-hydrogen) atoms. The summed E-state index contributed by atoms with van der Waals surface area (Å²) in [6, 6.07) is 12.5. The molecule has 130 valence electrons. The van der Waals surface area contributed by atoms with E-state index in [1.165, 1.54) is 7.11 Å². The minimum Gasteiger partial charge on any atom is -0.457 e. The molecule has 0 saturated carbocycles. The second kappa shape index (κ2) is 9.27. The second-order valence-corrected chi connectivity index (χ2v) is 5.50. The number of ether oxygens (including phenoxy) is 2. The summed E-state index contributed by atoms with van der Waals surface area (Å²) < 4.78 is 10.7. The Morgan fingerprint density at radius 3 is 2.21 bits per heavy atom. The predicted molar refractivity (Wildman–Crippen MR) is 98.2 cm³/mol. The predicted octanol–water partition coefficient (Wildman–Crippen LogP) is 3.43. The fourth-order valence-electron chi connectivity index (χ4n) is 2.22. The third-order valence-electron chi connectivity index (χ3n) is 3.24. The van der Waals surface area contributed by atoms with E-state index in [0.717, 1.165) is 16.9 Å². The highest BCUT2D eigenvalue weighted by Gasteiger charge is 2.13. The molecule has 1 amide bonds. The summed E-state index contributed by atoms with van der Waals surface area (Å²) in [4.78, 5) is 11.8. The van der Waals surface area contributed by atoms with E-state index < -0.39 is 6.04 Å². The van der Waals surface area contributed by atoms with Crippen molar-refractivity contribution in [2.75, 3.05) is 19.0 Å². The quantitative estimate of drug-likeness (QED) is 0.837. The van der Waals surface area contributed by atoms with E-state index >= 15 is 0 Å². The summed E-state index contributed by atoms with van der Waals surface area (Å²) in [7, 11) is 1.51. The lowest BCUT2D eigenvalue weighted by Gasteiger charge is -2.12. The summed E-state index contributed by atoms with van der Waals surface area (Å²) in [5, 5.41) is 2.74. The maximum absolute atomic E-state index is 11.8. The van der Waals surface area contributed by atoms with Gasteiger partial charge in [-0.2, -0.15) is 0 Å². The lowest BCUT2D eigenvalue weighted by molar-refractivity contribution is -0.118. The van der Waals surface area contributed by atoms with Gasteiger partial charge in [0.2, 0.25) is 5.91 Å². The monoisotopic (exact) mass is 350 g/mol. The third-order valence-corrected chi connectivity index (χ3v) is 3.24. The van der Waals surface area contributed by atoms with Crippen LogP contribution in [0.25, 0.3) is 0 Å². The van der Waals surface area contributed by atoms with Crippen molar-refractivity contribution in [3.8, 4) is 11.5 Å². The van der Waals surface area contributed by atoms with Crippen LogP contribution in [0.4, 0.5) is 5.69 Å². The molecule has 1 unspecified atom stereocenters. The zero-order chi connectivity index (χ0) is 16.8. The van der Waals surface area contributed by atoms with Crippen LogP contribution in [-0.4, -0.2) is 25.7 Å². The molecule has 0 spiro atoms. The number of amides is 1. The lowest BCUT2D eigenvalue weighted by atomic mass is 10.1. The molecular formula is C18H23ClN2O3. The van der Waals surface area contributed by atoms with Gasteiger partial charge in [0.05, 0.1) is 6.61 Å². The first-order valence-corrected chi connectivity index (χ1v) is 7.39. The van der Waals surface area contributed by atoms with Gasteiger partial charge >= 0.3 is 0 Å². The molecule has 6 heteroatoms. The first kappa shape index (κ1) is 20.0. The Hall–Kier alpha value is -2.08. The Balaban J connectivity index is 0.00000288. The molecule has 0 fully saturated rings. The molecule has 2 aromatic carbocycles. The summed E-state index contributed by atoms with van der Waals surface area (Å²) in [5.41, 5.74) is 8.63. The molecule has 5 nitrogen and oxygen atoms in total. The number of benzene rings is 2. The fourth-order valence-corrected chi connectivity index (χ4v) is 2.22. The summed E-state index contributed by atoms with van der Waals surface area (Å²) >= 11 is 0. The first-order valence-electron chi connectivity index (χ1n) is 7.39. The number of halogens is 1. The van der Waals surface area contributed by atoms with Crippen molar-refractivity contribution < 1.29 is 14.3 Å². The maximum Gasteiger partial charge on any atom is 0.243 e. The highest BCUT2D eigenvalue weighted by atomic mass is 35.5. The molecule has 1 atom stereocenters. The Labute approximate surface area is 148 Å². The van der Waals surface area contributed by atoms with Crippen molar-refractivity contribution in [1.29, 1.82) is 0 Å². The number of hydrogen-bond donors (Lipinski definition) is 2. The first-order chi connectivity index (χ1) is 11.0. The number of anilines is 1. The van der Waals surface area contributed by atoms with E-state index in [2.05, 4.69) is 11.4 Å². The van der Waals surface area contributed by atoms with E-state index in [0.29, 0.717) is 11.4 Å². The van der Waals surface area contributed by atoms with Crippen LogP contribution in [0.3, 0.4) is 0 Å². The van der Waals surface area contributed by atoms with E-state index in [4.69, 9.17) is 15.2 Å². The van der Waals surface area contributed by atoms with Gasteiger partial charge in [0.15, 0.2) is 0 Å². The Morgan fingerprint density at radius 2 is 1.67 bits per heavy atom. The van der Waals surface area contributed by atoms with Crippen molar-refractivity contribution in [1.82, 2.24) is 0 Å². The third kappa shape index (κ3) is 5.85. The van der Waals surface area contributed by atoms with Crippen LogP contribution in [0, 0.1) is 13.8 Å². The largest absolute Gasteiger partial charge is 0.457 e. The summed E-state index contributed by atoms with van der Waals surface area (Å²) in [6.45, 7) is 4.24. The van der Waals surface area contributed by atoms with Crippen LogP contribution in [-0.2, 0) is 9.53 Å². The second-order valence-electron chi connectivity index (χ2n) is 5.50. The van der Waals surface area contributed by atoms with Gasteiger partial charge in [-0.25, -0.2) is 0 Å². The van der Waals surface area contributed by atoms with Gasteiger partial charge in [-0.1, -0.05) is 6.07 Å². The standard InChI is InChI=1S/C18H22N2O3.ClH/c1-12-8-13(2)10-16(9-12)23-15-6-4-14(5-7-15)20-18(21)17(19)11-22-3;/h4-10,17H,11,19H2,1-3H3,(H,20,21);1H. The van der Waals surface area contributed by atoms with Crippen LogP contribution in [0.5, 0.6) is 11.5 Å². The van der Waals surface area contributed by atoms with Crippen LogP contribution in [0.1, 0.15) is 11.1 Å². The number of carbonyl (C=O) groups is 1. The van der Waals surface area contributed by atoms with Gasteiger partial charge in [-0.3, -0.25) is 4.79 Å². The van der Waals surface area contributed by atoms with Crippen LogP contribution in [0.2, 0.25) is 0 Å². The molecule has 0 aromatic heterocycles. The van der Waals surface area contributed by atoms with E-state index in [1.54, 1.807) is 24.3 Å². The molecule has 2 aromatic rings. The molecule has 0 aliphatic carbocycles. The highest BCUT2D eigenvalue weighted by Crippen LogP contribution is 2.25. The Morgan fingerprint density at radius 1 is 1.08 bits per heavy atom. The highest BCUT2D eigenvalue weighted by molar-refractivity contribution is 5.94. The van der Waals surface area contributed by atoms with Gasteiger partial charge in [-0.15, -0.1) is 12.4 Å². The Kier molecular flexibility index (Phi) is 7.71. The summed E-state index contributed by atoms with van der Waals surface area (Å²) in [6.07, 6.45) is 0. The molecule has 0 radical (unpaired) electrons. The molecular weight excluding hydrogens is 328 g/mol. The minimum atomic E-state index is -0.689. The van der Waals surface area contributed by atoms with E-state index in [1.807, 2.05) is 26.0 Å². The number of rotatable bonds is 6. The van der Waals surface area contributed by atoms with Crippen molar-refractivity contribution in [3.63, 3.8) is 0 Å². The number of nitrogens with one attached hydrogen (secondary N) is 1. The number of aryl methyl sites for hydroxylation is 2. The molecule has 2 rings (SSSR count). The number of carbonyl (C=O) groups excluding carboxylic acids is 1. The van der Waals surface area contributed by atoms with Crippen LogP contribution < -0.4 is 15.8 Å². The van der Waals surface area contributed by atoms with E-state index in [9.17, 15) is 4.79 Å². The topological polar surface area (TPSA) is 73.6 Å². The zero-order valence-electron chi connectivity index (χ0n) is 14.0. The van der Waals surface area contributed by atoms with Gasteiger partial charge in [0, 0.05) is 12.8 Å². The molecule has 0 heterocycles. The average Bonchev–Trinajstić information content (AvgIpc) is 2.48. The molecule has 0 aliphatic heterocycles. The minimum absolute atomic E-state index is 0. The lowest BCUT2D eigenvalue weighted by Crippen LogP contribution is -2.39. The van der Waals surface area contributed by atoms with Gasteiger partial charge in [0.25, 0.3) is 0 Å². The SMILES string of the molecule is COCC(N)C(=O)Nc1ccc(Oc2cc(C)cc(C)c2)cc1.Cl. The number of methoxy groups -OCH3 is 1. The molecule has 0 saturated heterocycles. The maximum atomic E-state index is 11.8. The van der Waals surface area contributed by atoms with E-state index in [-0.39, 0.29) is 24.9 Å². The molecule has 0 bridgehead atoms. The van der Waals surface area contributed by atoms with Crippen molar-refractivity contribution in [2.24, 2.45) is 5.73 Å². The van der Waals surface area contributed by atoms with Gasteiger partial charge in [0.1, 0.15) is 17.5 Å². The Bertz CT molecular complexity index is 654. The number of hydrogen-bond acceptors (Lipinski definition) is 4. The van der Waals surface area contributed by atoms with Crippen molar-refractivity contribution in [3.05, 3.63) is 53.6 Å². The van der Waals surface area contributed by atoms with Crippen LogP contribution >= 0.6 is 12.4 Å². The van der Waals surface area contributed by atoms with Gasteiger partial charge in [-0.05, 0) is 61.4 Å². The normalized spacial score (nSPS) is 11.3. The number of nitrogens with two attached hydrogens (primary N) is 1. The van der Waals surface area contributed by atoms with Crippen molar-refractivity contribution in [2.45, 2.75) is 19.9 Å². The molecule has 0 aliphatic rings. The molecule has 3 N–H and O–H groups in total. The van der Waals surface area contributed by atoms with Crippen LogP contribution in [0.15, 0.2) is 42.5 Å². The fraction of sp³-hybridized carbons (Fsp3) is 0.278. The smallest absolute Gasteiger partial charge is 0.243 e. The van der Waals surface area contributed by atoms with Crippen molar-refractivity contribution >= 4 is 24.0 Å².